The summed E-state index contributed by atoms with van der Waals surface area (Å²) in [5.74, 6) is -0.392. The van der Waals surface area contributed by atoms with E-state index in [1.807, 2.05) is 0 Å². The summed E-state index contributed by atoms with van der Waals surface area (Å²) in [5.41, 5.74) is -0.184. The molecular formula is C21H21N3O8. The number of benzene rings is 2. The van der Waals surface area contributed by atoms with Crippen LogP contribution in [0.25, 0.3) is 0 Å². The van der Waals surface area contributed by atoms with Crippen LogP contribution in [0.2, 0.25) is 0 Å². The van der Waals surface area contributed by atoms with Crippen molar-refractivity contribution in [2.75, 3.05) is 39.2 Å². The number of nitro groups is 1. The van der Waals surface area contributed by atoms with Crippen LogP contribution in [0.5, 0.6) is 17.2 Å². The molecule has 0 spiro atoms. The van der Waals surface area contributed by atoms with E-state index in [1.165, 1.54) is 37.3 Å². The van der Waals surface area contributed by atoms with Crippen molar-refractivity contribution in [1.82, 2.24) is 4.90 Å². The van der Waals surface area contributed by atoms with Crippen LogP contribution in [-0.2, 0) is 14.3 Å². The Bertz CT molecular complexity index is 1080. The van der Waals surface area contributed by atoms with Gasteiger partial charge in [0.1, 0.15) is 11.4 Å². The Balaban J connectivity index is 1.98. The predicted octanol–water partition coefficient (Wildman–Crippen LogP) is 2.07. The SMILES string of the molecule is COC(=O)C1=C(Nc2cc(Oc3ccccc3OC)cc([N+](=O)[O-])c2)C(=O)N(CCO)C1. The van der Waals surface area contributed by atoms with Gasteiger partial charge in [0.25, 0.3) is 11.6 Å². The summed E-state index contributed by atoms with van der Waals surface area (Å²) in [6, 6.07) is 10.7. The maximum atomic E-state index is 12.7. The fraction of sp³-hybridized carbons (Fsp3) is 0.238. The van der Waals surface area contributed by atoms with Gasteiger partial charge in [-0.15, -0.1) is 0 Å². The van der Waals surface area contributed by atoms with Gasteiger partial charge in [-0.1, -0.05) is 12.1 Å². The molecule has 0 unspecified atom stereocenters. The van der Waals surface area contributed by atoms with Crippen molar-refractivity contribution in [3.8, 4) is 17.2 Å². The summed E-state index contributed by atoms with van der Waals surface area (Å²) in [5, 5.41) is 23.4. The van der Waals surface area contributed by atoms with E-state index in [9.17, 15) is 19.7 Å². The molecule has 0 saturated heterocycles. The van der Waals surface area contributed by atoms with Gasteiger partial charge in [0.2, 0.25) is 0 Å². The monoisotopic (exact) mass is 443 g/mol. The number of non-ortho nitro benzene ring substituents is 1. The van der Waals surface area contributed by atoms with Crippen LogP contribution in [-0.4, -0.2) is 60.7 Å². The third kappa shape index (κ3) is 4.78. The zero-order valence-corrected chi connectivity index (χ0v) is 17.4. The fourth-order valence-electron chi connectivity index (χ4n) is 3.14. The van der Waals surface area contributed by atoms with Crippen LogP contribution in [0.4, 0.5) is 11.4 Å². The molecule has 0 aliphatic carbocycles. The molecule has 2 N–H and O–H groups in total. The minimum Gasteiger partial charge on any atom is -0.493 e. The second kappa shape index (κ2) is 9.79. The highest BCUT2D eigenvalue weighted by atomic mass is 16.6. The van der Waals surface area contributed by atoms with Crippen LogP contribution in [0.1, 0.15) is 0 Å². The van der Waals surface area contributed by atoms with E-state index in [-0.39, 0.29) is 48.1 Å². The van der Waals surface area contributed by atoms with E-state index in [4.69, 9.17) is 19.3 Å². The Morgan fingerprint density at radius 1 is 1.22 bits per heavy atom. The number of aliphatic hydroxyl groups is 1. The lowest BCUT2D eigenvalue weighted by atomic mass is 10.2. The van der Waals surface area contributed by atoms with Gasteiger partial charge in [-0.2, -0.15) is 0 Å². The first-order valence-corrected chi connectivity index (χ1v) is 9.47. The highest BCUT2D eigenvalue weighted by Gasteiger charge is 2.34. The predicted molar refractivity (Wildman–Crippen MR) is 112 cm³/mol. The number of carbonyl (C=O) groups excluding carboxylic acids is 2. The number of anilines is 1. The molecule has 2 aromatic rings. The molecule has 0 fully saturated rings. The molecule has 0 atom stereocenters. The number of nitro benzene ring substituents is 1. The molecule has 1 aliphatic heterocycles. The van der Waals surface area contributed by atoms with E-state index in [1.54, 1.807) is 24.3 Å². The topological polar surface area (TPSA) is 140 Å². The minimum atomic E-state index is -0.725. The van der Waals surface area contributed by atoms with Crippen molar-refractivity contribution in [3.05, 3.63) is 63.8 Å². The number of amides is 1. The summed E-state index contributed by atoms with van der Waals surface area (Å²) in [7, 11) is 2.64. The van der Waals surface area contributed by atoms with Crippen molar-refractivity contribution in [2.24, 2.45) is 0 Å². The zero-order chi connectivity index (χ0) is 23.3. The minimum absolute atomic E-state index is 0.0155. The number of hydrogen-bond donors (Lipinski definition) is 2. The molecule has 32 heavy (non-hydrogen) atoms. The highest BCUT2D eigenvalue weighted by molar-refractivity contribution is 6.08. The number of para-hydroxylation sites is 2. The molecule has 11 heteroatoms. The zero-order valence-electron chi connectivity index (χ0n) is 17.4. The molecule has 1 amide bonds. The molecule has 2 aromatic carbocycles. The maximum Gasteiger partial charge on any atom is 0.337 e. The smallest absolute Gasteiger partial charge is 0.337 e. The molecule has 11 nitrogen and oxygen atoms in total. The maximum absolute atomic E-state index is 12.7. The first-order valence-electron chi connectivity index (χ1n) is 9.47. The van der Waals surface area contributed by atoms with Crippen LogP contribution in [0.3, 0.4) is 0 Å². The fourth-order valence-corrected chi connectivity index (χ4v) is 3.14. The summed E-state index contributed by atoms with van der Waals surface area (Å²) in [4.78, 5) is 37.0. The van der Waals surface area contributed by atoms with Crippen molar-refractivity contribution in [3.63, 3.8) is 0 Å². The van der Waals surface area contributed by atoms with E-state index in [2.05, 4.69) is 5.32 Å². The normalized spacial score (nSPS) is 13.2. The Kier molecular flexibility index (Phi) is 6.90. The van der Waals surface area contributed by atoms with Gasteiger partial charge in [-0.05, 0) is 12.1 Å². The van der Waals surface area contributed by atoms with Gasteiger partial charge in [-0.25, -0.2) is 4.79 Å². The van der Waals surface area contributed by atoms with Crippen LogP contribution in [0, 0.1) is 10.1 Å². The number of aliphatic hydroxyl groups excluding tert-OH is 1. The first-order chi connectivity index (χ1) is 15.4. The number of hydrogen-bond acceptors (Lipinski definition) is 9. The Hall–Kier alpha value is -4.12. The quantitative estimate of drug-likeness (QED) is 0.338. The van der Waals surface area contributed by atoms with Crippen molar-refractivity contribution in [2.45, 2.75) is 0 Å². The van der Waals surface area contributed by atoms with E-state index in [0.29, 0.717) is 11.5 Å². The number of β-amino-alcohol motifs (C(OH)–C–C–N with tert-alkyl or cyclic N) is 1. The molecule has 168 valence electrons. The number of ether oxygens (including phenoxy) is 3. The van der Waals surface area contributed by atoms with E-state index >= 15 is 0 Å². The first kappa shape index (κ1) is 22.6. The van der Waals surface area contributed by atoms with Crippen molar-refractivity contribution < 1.29 is 33.8 Å². The van der Waals surface area contributed by atoms with Gasteiger partial charge < -0.3 is 29.5 Å². The van der Waals surface area contributed by atoms with Crippen molar-refractivity contribution in [1.29, 1.82) is 0 Å². The van der Waals surface area contributed by atoms with Crippen LogP contribution < -0.4 is 14.8 Å². The number of carbonyl (C=O) groups is 2. The average molecular weight is 443 g/mol. The third-order valence-corrected chi connectivity index (χ3v) is 4.62. The van der Waals surface area contributed by atoms with Gasteiger partial charge >= 0.3 is 5.97 Å². The Labute approximate surface area is 182 Å². The summed E-state index contributed by atoms with van der Waals surface area (Å²) in [6.07, 6.45) is 0. The third-order valence-electron chi connectivity index (χ3n) is 4.62. The van der Waals surface area contributed by atoms with Gasteiger partial charge in [0, 0.05) is 24.4 Å². The number of nitrogens with one attached hydrogen (secondary N) is 1. The largest absolute Gasteiger partial charge is 0.493 e. The second-order valence-corrected chi connectivity index (χ2v) is 6.65. The highest BCUT2D eigenvalue weighted by Crippen LogP contribution is 2.35. The van der Waals surface area contributed by atoms with Crippen LogP contribution in [0.15, 0.2) is 53.7 Å². The van der Waals surface area contributed by atoms with Gasteiger partial charge in [-0.3, -0.25) is 14.9 Å². The lowest BCUT2D eigenvalue weighted by molar-refractivity contribution is -0.384. The molecule has 0 radical (unpaired) electrons. The molecule has 1 heterocycles. The van der Waals surface area contributed by atoms with E-state index < -0.39 is 16.8 Å². The van der Waals surface area contributed by atoms with Crippen LogP contribution >= 0.6 is 0 Å². The van der Waals surface area contributed by atoms with Gasteiger partial charge in [0.15, 0.2) is 11.5 Å². The number of methoxy groups -OCH3 is 2. The summed E-state index contributed by atoms with van der Waals surface area (Å²) >= 11 is 0. The van der Waals surface area contributed by atoms with Crippen molar-refractivity contribution >= 4 is 23.3 Å². The number of esters is 1. The lowest BCUT2D eigenvalue weighted by Crippen LogP contribution is -2.31. The molecule has 0 saturated carbocycles. The molecule has 0 bridgehead atoms. The Morgan fingerprint density at radius 2 is 1.94 bits per heavy atom. The lowest BCUT2D eigenvalue weighted by Gasteiger charge is -2.15. The molecular weight excluding hydrogens is 422 g/mol. The molecule has 1 aliphatic rings. The molecule has 0 aromatic heterocycles. The summed E-state index contributed by atoms with van der Waals surface area (Å²) in [6.45, 7) is -0.337. The van der Waals surface area contributed by atoms with Gasteiger partial charge in [0.05, 0.1) is 43.9 Å². The van der Waals surface area contributed by atoms with E-state index in [0.717, 1.165) is 0 Å². The number of rotatable bonds is 9. The molecule has 3 rings (SSSR count). The second-order valence-electron chi connectivity index (χ2n) is 6.65. The summed E-state index contributed by atoms with van der Waals surface area (Å²) < 4.78 is 15.7. The standard InChI is InChI=1S/C21H21N3O8/c1-30-17-5-3-4-6-18(17)32-15-10-13(9-14(11-15)24(28)29)22-19-16(21(27)31-2)12-23(7-8-25)20(19)26/h3-6,9-11,22,25H,7-8,12H2,1-2H3. The average Bonchev–Trinajstić information content (AvgIpc) is 3.09. The Morgan fingerprint density at radius 3 is 2.56 bits per heavy atom. The number of nitrogens with zero attached hydrogens (tertiary/aromatic N) is 2.